The van der Waals surface area contributed by atoms with E-state index in [1.165, 1.54) is 12.1 Å². The summed E-state index contributed by atoms with van der Waals surface area (Å²) in [7, 11) is 3.65. The molecule has 1 aliphatic rings. The molecule has 0 aromatic heterocycles. The molecule has 3 N–H and O–H groups in total. The van der Waals surface area contributed by atoms with Crippen LogP contribution in [0.5, 0.6) is 0 Å². The number of nitrogens with one attached hydrogen (secondary N) is 1. The highest BCUT2D eigenvalue weighted by molar-refractivity contribution is 5.83. The van der Waals surface area contributed by atoms with Crippen molar-refractivity contribution >= 4 is 11.8 Å². The minimum atomic E-state index is -3.57. The van der Waals surface area contributed by atoms with Crippen LogP contribution in [-0.2, 0) is 22.1 Å². The Morgan fingerprint density at radius 1 is 1.23 bits per heavy atom. The Bertz CT molecular complexity index is 740. The summed E-state index contributed by atoms with van der Waals surface area (Å²) in [6, 6.07) is 4.78. The van der Waals surface area contributed by atoms with Crippen LogP contribution in [0.4, 0.5) is 13.2 Å². The minimum Gasteiger partial charge on any atom is -0.389 e. The maximum Gasteiger partial charge on any atom is 0.301 e. The third kappa shape index (κ3) is 6.91. The van der Waals surface area contributed by atoms with Crippen molar-refractivity contribution in [3.63, 3.8) is 0 Å². The van der Waals surface area contributed by atoms with Crippen LogP contribution in [0.2, 0.25) is 0 Å². The third-order valence-corrected chi connectivity index (χ3v) is 5.66. The number of piperidine rings is 1. The number of hydrogen-bond donors (Lipinski definition) is 3. The van der Waals surface area contributed by atoms with Gasteiger partial charge in [0.1, 0.15) is 0 Å². The first-order valence-corrected chi connectivity index (χ1v) is 10.2. The highest BCUT2D eigenvalue weighted by atomic mass is 19.3. The molecule has 1 saturated heterocycles. The zero-order valence-electron chi connectivity index (χ0n) is 17.7. The number of aliphatic hydroxyl groups excluding tert-OH is 2. The number of carbonyl (C=O) groups excluding carboxylic acids is 2. The van der Waals surface area contributed by atoms with E-state index in [4.69, 9.17) is 0 Å². The maximum atomic E-state index is 13.3. The van der Waals surface area contributed by atoms with Crippen molar-refractivity contribution < 1.29 is 33.0 Å². The van der Waals surface area contributed by atoms with Crippen molar-refractivity contribution in [3.8, 4) is 0 Å². The maximum absolute atomic E-state index is 13.3. The van der Waals surface area contributed by atoms with Gasteiger partial charge in [0.15, 0.2) is 12.8 Å². The Morgan fingerprint density at radius 2 is 1.81 bits per heavy atom. The molecule has 2 amide bonds. The molecule has 174 valence electrons. The average Bonchev–Trinajstić information content (AvgIpc) is 2.77. The average molecular weight is 445 g/mol. The van der Waals surface area contributed by atoms with Crippen molar-refractivity contribution in [2.75, 3.05) is 33.9 Å². The molecule has 0 saturated carbocycles. The van der Waals surface area contributed by atoms with Gasteiger partial charge in [-0.1, -0.05) is 24.3 Å². The summed E-state index contributed by atoms with van der Waals surface area (Å²) in [6.07, 6.45) is -2.16. The third-order valence-electron chi connectivity index (χ3n) is 5.66. The molecule has 7 nitrogen and oxygen atoms in total. The first kappa shape index (κ1) is 25.1. The van der Waals surface area contributed by atoms with E-state index in [0.29, 0.717) is 5.56 Å². The van der Waals surface area contributed by atoms with Crippen molar-refractivity contribution in [3.05, 3.63) is 35.4 Å². The molecule has 10 heteroatoms. The monoisotopic (exact) mass is 445 g/mol. The van der Waals surface area contributed by atoms with Crippen molar-refractivity contribution in [1.82, 2.24) is 15.1 Å². The van der Waals surface area contributed by atoms with Gasteiger partial charge in [0.05, 0.1) is 12.5 Å². The number of likely N-dealkylation sites (tertiary alicyclic amines) is 1. The van der Waals surface area contributed by atoms with Crippen LogP contribution < -0.4 is 5.32 Å². The Hall–Kier alpha value is -2.17. The topological polar surface area (TPSA) is 93.1 Å². The number of alkyl halides is 3. The van der Waals surface area contributed by atoms with Crippen molar-refractivity contribution in [2.45, 2.75) is 50.0 Å². The van der Waals surface area contributed by atoms with Crippen LogP contribution in [0.15, 0.2) is 24.3 Å². The molecule has 0 unspecified atom stereocenters. The van der Waals surface area contributed by atoms with Gasteiger partial charge in [-0.05, 0) is 38.5 Å². The van der Waals surface area contributed by atoms with E-state index in [1.807, 2.05) is 7.05 Å². The van der Waals surface area contributed by atoms with Gasteiger partial charge in [-0.25, -0.2) is 4.39 Å². The van der Waals surface area contributed by atoms with Gasteiger partial charge in [-0.3, -0.25) is 9.59 Å². The molecular formula is C21H30F3N3O4. The van der Waals surface area contributed by atoms with E-state index in [2.05, 4.69) is 10.2 Å². The van der Waals surface area contributed by atoms with Gasteiger partial charge in [0, 0.05) is 25.2 Å². The van der Waals surface area contributed by atoms with E-state index in [1.54, 1.807) is 11.9 Å². The zero-order valence-corrected chi connectivity index (χ0v) is 17.7. The lowest BCUT2D eigenvalue weighted by Crippen LogP contribution is -2.47. The summed E-state index contributed by atoms with van der Waals surface area (Å²) >= 11 is 0. The number of hydrogen-bond acceptors (Lipinski definition) is 5. The number of benzene rings is 1. The van der Waals surface area contributed by atoms with Gasteiger partial charge < -0.3 is 25.3 Å². The van der Waals surface area contributed by atoms with Crippen LogP contribution in [0.3, 0.4) is 0 Å². The van der Waals surface area contributed by atoms with E-state index in [9.17, 15) is 33.0 Å². The van der Waals surface area contributed by atoms with Gasteiger partial charge >= 0.3 is 5.92 Å². The van der Waals surface area contributed by atoms with E-state index >= 15 is 0 Å². The second-order valence-electron chi connectivity index (χ2n) is 8.01. The van der Waals surface area contributed by atoms with E-state index < -0.39 is 42.7 Å². The molecule has 2 rings (SSSR count). The molecule has 31 heavy (non-hydrogen) atoms. The van der Waals surface area contributed by atoms with Crippen LogP contribution >= 0.6 is 0 Å². The lowest BCUT2D eigenvalue weighted by atomic mass is 10.0. The first-order valence-electron chi connectivity index (χ1n) is 10.2. The Kier molecular flexibility index (Phi) is 8.84. The fourth-order valence-corrected chi connectivity index (χ4v) is 3.43. The zero-order chi connectivity index (χ0) is 23.2. The molecule has 1 aromatic rings. The lowest BCUT2D eigenvalue weighted by Gasteiger charge is -2.35. The number of rotatable bonds is 9. The molecule has 2 atom stereocenters. The molecule has 1 fully saturated rings. The number of nitrogens with zero attached hydrogens (tertiary/aromatic N) is 2. The molecule has 1 heterocycles. The fraction of sp³-hybridized carbons (Fsp3) is 0.619. The predicted octanol–water partition coefficient (Wildman–Crippen LogP) is 1.03. The second kappa shape index (κ2) is 10.9. The number of halogens is 3. The van der Waals surface area contributed by atoms with Gasteiger partial charge in [0.25, 0.3) is 5.91 Å². The summed E-state index contributed by atoms with van der Waals surface area (Å²) in [5.41, 5.74) is -0.0284. The van der Waals surface area contributed by atoms with Crippen molar-refractivity contribution in [2.24, 2.45) is 0 Å². The summed E-state index contributed by atoms with van der Waals surface area (Å²) in [5.74, 6) is -4.83. The number of aliphatic hydroxyl groups is 2. The highest BCUT2D eigenvalue weighted by Crippen LogP contribution is 2.28. The Balaban J connectivity index is 1.82. The summed E-state index contributed by atoms with van der Waals surface area (Å²) < 4.78 is 38.9. The molecule has 1 aromatic carbocycles. The molecule has 0 spiro atoms. The van der Waals surface area contributed by atoms with E-state index in [0.717, 1.165) is 38.1 Å². The minimum absolute atomic E-state index is 0.0506. The lowest BCUT2D eigenvalue weighted by molar-refractivity contribution is -0.141. The van der Waals surface area contributed by atoms with E-state index in [-0.39, 0.29) is 18.5 Å². The van der Waals surface area contributed by atoms with Crippen LogP contribution in [-0.4, -0.2) is 83.9 Å². The Morgan fingerprint density at radius 3 is 2.35 bits per heavy atom. The van der Waals surface area contributed by atoms with Crippen LogP contribution in [0.25, 0.3) is 0 Å². The molecule has 0 radical (unpaired) electrons. The second-order valence-corrected chi connectivity index (χ2v) is 8.01. The first-order chi connectivity index (χ1) is 14.5. The molecule has 1 aliphatic heterocycles. The standard InChI is InChI=1S/C21H30F3N3O4/c1-26-9-7-16(8-10-26)27(2)18(29)11-17(28)19(30)20(31)25-12-14-3-5-15(6-4-14)21(23,24)13-22/h3-6,16-17,19,28,30H,7-13H2,1-2H3,(H,25,31)/t17-,19+/m0/s1. The normalized spacial score (nSPS) is 17.8. The van der Waals surface area contributed by atoms with Gasteiger partial charge in [-0.15, -0.1) is 0 Å². The van der Waals surface area contributed by atoms with Gasteiger partial charge in [0.2, 0.25) is 5.91 Å². The summed E-state index contributed by atoms with van der Waals surface area (Å²) in [5, 5.41) is 22.5. The van der Waals surface area contributed by atoms with Crippen LogP contribution in [0.1, 0.15) is 30.4 Å². The van der Waals surface area contributed by atoms with Crippen molar-refractivity contribution in [1.29, 1.82) is 0 Å². The Labute approximate surface area is 179 Å². The molecule has 0 bridgehead atoms. The van der Waals surface area contributed by atoms with Gasteiger partial charge in [-0.2, -0.15) is 8.78 Å². The molecule has 0 aliphatic carbocycles. The summed E-state index contributed by atoms with van der Waals surface area (Å²) in [4.78, 5) is 28.2. The highest BCUT2D eigenvalue weighted by Gasteiger charge is 2.32. The van der Waals surface area contributed by atoms with Crippen LogP contribution in [0, 0.1) is 0 Å². The fourth-order valence-electron chi connectivity index (χ4n) is 3.43. The number of amides is 2. The largest absolute Gasteiger partial charge is 0.389 e. The quantitative estimate of drug-likeness (QED) is 0.528. The number of carbonyl (C=O) groups is 2. The predicted molar refractivity (Wildman–Crippen MR) is 108 cm³/mol. The molecular weight excluding hydrogens is 415 g/mol. The SMILES string of the molecule is CN1CCC(N(C)C(=O)C[C@H](O)[C@@H](O)C(=O)NCc2ccc(C(F)(F)CF)cc2)CC1. The smallest absolute Gasteiger partial charge is 0.301 e. The summed E-state index contributed by atoms with van der Waals surface area (Å²) in [6.45, 7) is -0.170.